The fourth-order valence-corrected chi connectivity index (χ4v) is 4.26. The Morgan fingerprint density at radius 3 is 3.03 bits per heavy atom. The van der Waals surface area contributed by atoms with Gasteiger partial charge in [-0.15, -0.1) is 5.10 Å². The summed E-state index contributed by atoms with van der Waals surface area (Å²) in [5, 5.41) is 5.66. The molecule has 2 atom stereocenters. The van der Waals surface area contributed by atoms with Gasteiger partial charge in [0.25, 0.3) is 0 Å². The smallest absolute Gasteiger partial charge is 0.231 e. The Morgan fingerprint density at radius 2 is 2.19 bits per heavy atom. The zero-order valence-electron chi connectivity index (χ0n) is 17.8. The molecule has 3 aromatic heterocycles. The quantitative estimate of drug-likeness (QED) is 0.488. The Kier molecular flexibility index (Phi) is 5.25. The number of hydrogen-bond acceptors (Lipinski definition) is 7. The predicted octanol–water partition coefficient (Wildman–Crippen LogP) is 3.48. The SMILES string of the molecule is COC[C@H]1CCCN1c1cccc2oc(-c3cnc4ccc(OC[C@@H](C)N)nn34)cc12. The van der Waals surface area contributed by atoms with Crippen molar-refractivity contribution in [2.45, 2.75) is 31.8 Å². The van der Waals surface area contributed by atoms with Crippen LogP contribution in [0.2, 0.25) is 0 Å². The molecule has 0 saturated carbocycles. The molecule has 31 heavy (non-hydrogen) atoms. The second kappa shape index (κ2) is 8.20. The number of hydrogen-bond donors (Lipinski definition) is 1. The van der Waals surface area contributed by atoms with Crippen LogP contribution in [0, 0.1) is 0 Å². The zero-order chi connectivity index (χ0) is 21.4. The van der Waals surface area contributed by atoms with Gasteiger partial charge in [-0.25, -0.2) is 9.50 Å². The molecule has 0 aliphatic carbocycles. The van der Waals surface area contributed by atoms with E-state index in [9.17, 15) is 0 Å². The zero-order valence-corrected chi connectivity index (χ0v) is 17.8. The Morgan fingerprint density at radius 1 is 1.29 bits per heavy atom. The van der Waals surface area contributed by atoms with Gasteiger partial charge in [-0.05, 0) is 44.0 Å². The molecule has 0 bridgehead atoms. The fourth-order valence-electron chi connectivity index (χ4n) is 4.26. The topological polar surface area (TPSA) is 91.0 Å². The van der Waals surface area contributed by atoms with Crippen LogP contribution < -0.4 is 15.4 Å². The summed E-state index contributed by atoms with van der Waals surface area (Å²) >= 11 is 0. The number of aromatic nitrogens is 3. The van der Waals surface area contributed by atoms with Gasteiger partial charge in [-0.3, -0.25) is 0 Å². The average molecular weight is 422 g/mol. The second-order valence-electron chi connectivity index (χ2n) is 8.12. The molecule has 0 amide bonds. The van der Waals surface area contributed by atoms with Crippen molar-refractivity contribution in [1.82, 2.24) is 14.6 Å². The maximum Gasteiger partial charge on any atom is 0.231 e. The van der Waals surface area contributed by atoms with E-state index in [4.69, 9.17) is 19.6 Å². The standard InChI is InChI=1S/C23H27N5O3/c1-15(24)13-30-23-9-8-22-25-12-19(28(22)26-23)21-11-17-18(6-3-7-20(17)31-21)27-10-4-5-16(27)14-29-2/h3,6-9,11-12,15-16H,4-5,10,13-14,24H2,1-2H3/t15-,16-/m1/s1. The highest BCUT2D eigenvalue weighted by Crippen LogP contribution is 2.37. The van der Waals surface area contributed by atoms with Crippen LogP contribution in [-0.4, -0.2) is 53.6 Å². The summed E-state index contributed by atoms with van der Waals surface area (Å²) in [7, 11) is 1.76. The van der Waals surface area contributed by atoms with Crippen molar-refractivity contribution in [3.05, 3.63) is 42.6 Å². The molecule has 1 fully saturated rings. The number of rotatable bonds is 7. The van der Waals surface area contributed by atoms with Crippen molar-refractivity contribution in [1.29, 1.82) is 0 Å². The van der Waals surface area contributed by atoms with E-state index in [1.807, 2.05) is 25.1 Å². The van der Waals surface area contributed by atoms with Crippen molar-refractivity contribution in [2.24, 2.45) is 5.73 Å². The van der Waals surface area contributed by atoms with Gasteiger partial charge in [-0.1, -0.05) is 6.07 Å². The van der Waals surface area contributed by atoms with E-state index in [1.165, 1.54) is 5.69 Å². The molecule has 0 radical (unpaired) electrons. The molecule has 4 aromatic rings. The minimum Gasteiger partial charge on any atom is -0.475 e. The molecule has 2 N–H and O–H groups in total. The summed E-state index contributed by atoms with van der Waals surface area (Å²) in [4.78, 5) is 6.90. The molecule has 0 spiro atoms. The summed E-state index contributed by atoms with van der Waals surface area (Å²) in [6, 6.07) is 12.3. The van der Waals surface area contributed by atoms with E-state index in [0.29, 0.717) is 24.3 Å². The number of methoxy groups -OCH3 is 1. The molecule has 4 heterocycles. The van der Waals surface area contributed by atoms with Crippen LogP contribution >= 0.6 is 0 Å². The number of nitrogens with two attached hydrogens (primary N) is 1. The Bertz CT molecular complexity index is 1200. The summed E-state index contributed by atoms with van der Waals surface area (Å²) in [6.45, 7) is 4.04. The van der Waals surface area contributed by atoms with E-state index >= 15 is 0 Å². The van der Waals surface area contributed by atoms with Gasteiger partial charge >= 0.3 is 0 Å². The number of furan rings is 1. The van der Waals surface area contributed by atoms with Crippen molar-refractivity contribution < 1.29 is 13.9 Å². The van der Waals surface area contributed by atoms with Crippen molar-refractivity contribution in [3.63, 3.8) is 0 Å². The Balaban J connectivity index is 1.54. The molecular weight excluding hydrogens is 394 g/mol. The molecule has 1 aromatic carbocycles. The van der Waals surface area contributed by atoms with Crippen LogP contribution in [0.1, 0.15) is 19.8 Å². The van der Waals surface area contributed by atoms with Crippen molar-refractivity contribution in [2.75, 3.05) is 31.8 Å². The van der Waals surface area contributed by atoms with E-state index in [-0.39, 0.29) is 6.04 Å². The highest BCUT2D eigenvalue weighted by molar-refractivity contribution is 5.94. The second-order valence-corrected chi connectivity index (χ2v) is 8.12. The molecule has 1 aliphatic rings. The fraction of sp³-hybridized carbons (Fsp3) is 0.391. The largest absolute Gasteiger partial charge is 0.475 e. The molecule has 8 nitrogen and oxygen atoms in total. The Labute approximate surface area is 180 Å². The van der Waals surface area contributed by atoms with Gasteiger partial charge in [0, 0.05) is 36.8 Å². The van der Waals surface area contributed by atoms with E-state index < -0.39 is 0 Å². The van der Waals surface area contributed by atoms with E-state index in [0.717, 1.165) is 48.3 Å². The highest BCUT2D eigenvalue weighted by Gasteiger charge is 2.27. The lowest BCUT2D eigenvalue weighted by Crippen LogP contribution is -2.32. The van der Waals surface area contributed by atoms with Gasteiger partial charge in [0.05, 0.1) is 18.8 Å². The van der Waals surface area contributed by atoms with Crippen LogP contribution in [0.15, 0.2) is 47.0 Å². The van der Waals surface area contributed by atoms with Crippen LogP contribution in [-0.2, 0) is 4.74 Å². The first kappa shape index (κ1) is 19.8. The van der Waals surface area contributed by atoms with Crippen LogP contribution in [0.5, 0.6) is 5.88 Å². The van der Waals surface area contributed by atoms with Crippen molar-refractivity contribution in [3.8, 4) is 17.3 Å². The van der Waals surface area contributed by atoms with Crippen molar-refractivity contribution >= 4 is 22.3 Å². The van der Waals surface area contributed by atoms with Crippen LogP contribution in [0.25, 0.3) is 28.1 Å². The van der Waals surface area contributed by atoms with Gasteiger partial charge in [0.1, 0.15) is 17.9 Å². The van der Waals surface area contributed by atoms with Crippen LogP contribution in [0.4, 0.5) is 5.69 Å². The van der Waals surface area contributed by atoms with E-state index in [1.54, 1.807) is 23.9 Å². The van der Waals surface area contributed by atoms with Gasteiger partial charge in [0.2, 0.25) is 5.88 Å². The first-order chi connectivity index (χ1) is 15.1. The lowest BCUT2D eigenvalue weighted by molar-refractivity contribution is 0.181. The van der Waals surface area contributed by atoms with Gasteiger partial charge in [0.15, 0.2) is 11.4 Å². The number of benzene rings is 1. The number of fused-ring (bicyclic) bond motifs is 2. The minimum atomic E-state index is -0.0685. The monoisotopic (exact) mass is 421 g/mol. The maximum atomic E-state index is 6.23. The highest BCUT2D eigenvalue weighted by atomic mass is 16.5. The lowest BCUT2D eigenvalue weighted by Gasteiger charge is -2.26. The molecular formula is C23H27N5O3. The predicted molar refractivity (Wildman–Crippen MR) is 120 cm³/mol. The minimum absolute atomic E-state index is 0.0685. The summed E-state index contributed by atoms with van der Waals surface area (Å²) in [5.74, 6) is 1.22. The first-order valence-corrected chi connectivity index (χ1v) is 10.7. The molecule has 1 aliphatic heterocycles. The third kappa shape index (κ3) is 3.73. The third-order valence-corrected chi connectivity index (χ3v) is 5.67. The van der Waals surface area contributed by atoms with E-state index in [2.05, 4.69) is 27.1 Å². The maximum absolute atomic E-state index is 6.23. The molecule has 8 heteroatoms. The Hall–Kier alpha value is -3.10. The summed E-state index contributed by atoms with van der Waals surface area (Å²) in [5.41, 5.74) is 9.31. The number of anilines is 1. The van der Waals surface area contributed by atoms with Gasteiger partial charge in [-0.2, -0.15) is 0 Å². The third-order valence-electron chi connectivity index (χ3n) is 5.67. The first-order valence-electron chi connectivity index (χ1n) is 10.7. The molecule has 1 saturated heterocycles. The summed E-state index contributed by atoms with van der Waals surface area (Å²) < 4.78 is 19.1. The number of imidazole rings is 1. The molecule has 5 rings (SSSR count). The molecule has 162 valence electrons. The number of ether oxygens (including phenoxy) is 2. The summed E-state index contributed by atoms with van der Waals surface area (Å²) in [6.07, 6.45) is 4.07. The lowest BCUT2D eigenvalue weighted by atomic mass is 10.1. The van der Waals surface area contributed by atoms with Gasteiger partial charge < -0.3 is 24.5 Å². The molecule has 0 unspecified atom stereocenters. The van der Waals surface area contributed by atoms with Crippen LogP contribution in [0.3, 0.4) is 0 Å². The number of nitrogens with zero attached hydrogens (tertiary/aromatic N) is 4. The average Bonchev–Trinajstić information content (AvgIpc) is 3.49. The normalized spacial score (nSPS) is 17.6.